The predicted octanol–water partition coefficient (Wildman–Crippen LogP) is 0.671. The number of carbonyl (C=O) groups is 2. The summed E-state index contributed by atoms with van der Waals surface area (Å²) in [6.07, 6.45) is 0. The summed E-state index contributed by atoms with van der Waals surface area (Å²) in [6.45, 7) is 0.374. The molecule has 0 bridgehead atoms. The van der Waals surface area contributed by atoms with Crippen LogP contribution < -0.4 is 10.1 Å². The van der Waals surface area contributed by atoms with Crippen LogP contribution in [0.3, 0.4) is 0 Å². The third-order valence-corrected chi connectivity index (χ3v) is 3.79. The highest BCUT2D eigenvalue weighted by atomic mass is 32.1. The molecule has 2 atom stereocenters. The van der Waals surface area contributed by atoms with E-state index in [4.69, 9.17) is 9.84 Å². The molecule has 1 aromatic heterocycles. The summed E-state index contributed by atoms with van der Waals surface area (Å²) in [4.78, 5) is 23.2. The SMILES string of the molecule is COc1ccc([C@H]2CNC(=O)[C@@H]2C(=O)O)s1. The highest BCUT2D eigenvalue weighted by molar-refractivity contribution is 7.13. The topological polar surface area (TPSA) is 75.6 Å². The smallest absolute Gasteiger partial charge is 0.316 e. The monoisotopic (exact) mass is 241 g/mol. The van der Waals surface area contributed by atoms with Crippen molar-refractivity contribution in [2.75, 3.05) is 13.7 Å². The lowest BCUT2D eigenvalue weighted by Crippen LogP contribution is -2.26. The number of hydrogen-bond donors (Lipinski definition) is 2. The van der Waals surface area contributed by atoms with Gasteiger partial charge < -0.3 is 15.2 Å². The number of methoxy groups -OCH3 is 1. The van der Waals surface area contributed by atoms with E-state index < -0.39 is 17.8 Å². The summed E-state index contributed by atoms with van der Waals surface area (Å²) in [5.41, 5.74) is 0. The summed E-state index contributed by atoms with van der Waals surface area (Å²) < 4.78 is 5.04. The summed E-state index contributed by atoms with van der Waals surface area (Å²) >= 11 is 1.38. The second-order valence-corrected chi connectivity index (χ2v) is 4.61. The Balaban J connectivity index is 2.26. The number of ether oxygens (including phenoxy) is 1. The normalized spacial score (nSPS) is 24.2. The Morgan fingerprint density at radius 1 is 1.62 bits per heavy atom. The molecule has 0 aliphatic carbocycles. The van der Waals surface area contributed by atoms with E-state index in [2.05, 4.69) is 5.32 Å². The minimum Gasteiger partial charge on any atom is -0.487 e. The van der Waals surface area contributed by atoms with Gasteiger partial charge in [-0.2, -0.15) is 0 Å². The molecule has 1 amide bonds. The lowest BCUT2D eigenvalue weighted by atomic mass is 9.94. The first-order valence-corrected chi connectivity index (χ1v) is 5.59. The van der Waals surface area contributed by atoms with Gasteiger partial charge >= 0.3 is 5.97 Å². The highest BCUT2D eigenvalue weighted by Gasteiger charge is 2.41. The minimum atomic E-state index is -1.08. The Bertz CT molecular complexity index is 428. The van der Waals surface area contributed by atoms with Crippen LogP contribution in [0.1, 0.15) is 10.8 Å². The van der Waals surface area contributed by atoms with Crippen LogP contribution in [0.5, 0.6) is 5.06 Å². The van der Waals surface area contributed by atoms with Gasteiger partial charge in [0.25, 0.3) is 0 Å². The number of hydrogen-bond acceptors (Lipinski definition) is 4. The molecule has 1 aliphatic heterocycles. The Labute approximate surface area is 96.0 Å². The van der Waals surface area contributed by atoms with Crippen molar-refractivity contribution in [3.05, 3.63) is 17.0 Å². The van der Waals surface area contributed by atoms with Crippen molar-refractivity contribution in [2.24, 2.45) is 5.92 Å². The largest absolute Gasteiger partial charge is 0.487 e. The Kier molecular flexibility index (Phi) is 2.82. The lowest BCUT2D eigenvalue weighted by molar-refractivity contribution is -0.145. The number of carboxylic acids is 1. The molecule has 0 radical (unpaired) electrons. The van der Waals surface area contributed by atoms with Gasteiger partial charge in [0.2, 0.25) is 5.91 Å². The van der Waals surface area contributed by atoms with Gasteiger partial charge in [-0.05, 0) is 12.1 Å². The predicted molar refractivity (Wildman–Crippen MR) is 57.7 cm³/mol. The number of rotatable bonds is 3. The van der Waals surface area contributed by atoms with Crippen molar-refractivity contribution in [3.8, 4) is 5.06 Å². The van der Waals surface area contributed by atoms with Crippen molar-refractivity contribution in [1.82, 2.24) is 5.32 Å². The van der Waals surface area contributed by atoms with Gasteiger partial charge in [0.1, 0.15) is 5.92 Å². The zero-order valence-corrected chi connectivity index (χ0v) is 9.41. The van der Waals surface area contributed by atoms with E-state index in [0.717, 1.165) is 9.94 Å². The first kappa shape index (κ1) is 10.9. The molecule has 6 heteroatoms. The molecule has 5 nitrogen and oxygen atoms in total. The van der Waals surface area contributed by atoms with E-state index >= 15 is 0 Å². The Hall–Kier alpha value is -1.56. The summed E-state index contributed by atoms with van der Waals surface area (Å²) in [5, 5.41) is 12.3. The number of amides is 1. The van der Waals surface area contributed by atoms with Crippen molar-refractivity contribution in [2.45, 2.75) is 5.92 Å². The summed E-state index contributed by atoms with van der Waals surface area (Å²) in [6, 6.07) is 3.59. The average Bonchev–Trinajstić information content (AvgIpc) is 2.82. The maximum Gasteiger partial charge on any atom is 0.316 e. The maximum atomic E-state index is 11.4. The number of carboxylic acid groups (broad SMARTS) is 1. The molecule has 0 unspecified atom stereocenters. The van der Waals surface area contributed by atoms with Crippen LogP contribution >= 0.6 is 11.3 Å². The van der Waals surface area contributed by atoms with Crippen molar-refractivity contribution >= 4 is 23.2 Å². The summed E-state index contributed by atoms with van der Waals surface area (Å²) in [7, 11) is 1.56. The van der Waals surface area contributed by atoms with Crippen LogP contribution in [0.4, 0.5) is 0 Å². The van der Waals surface area contributed by atoms with Crippen LogP contribution in [-0.2, 0) is 9.59 Å². The Morgan fingerprint density at radius 2 is 2.38 bits per heavy atom. The van der Waals surface area contributed by atoms with Crippen molar-refractivity contribution in [3.63, 3.8) is 0 Å². The molecule has 2 N–H and O–H groups in total. The van der Waals surface area contributed by atoms with Gasteiger partial charge in [-0.1, -0.05) is 0 Å². The van der Waals surface area contributed by atoms with Gasteiger partial charge in [-0.25, -0.2) is 0 Å². The zero-order valence-electron chi connectivity index (χ0n) is 8.60. The van der Waals surface area contributed by atoms with Crippen molar-refractivity contribution in [1.29, 1.82) is 0 Å². The van der Waals surface area contributed by atoms with Crippen LogP contribution in [0.2, 0.25) is 0 Å². The van der Waals surface area contributed by atoms with E-state index in [9.17, 15) is 9.59 Å². The molecule has 16 heavy (non-hydrogen) atoms. The first-order valence-electron chi connectivity index (χ1n) is 4.77. The number of carbonyl (C=O) groups excluding carboxylic acids is 1. The third-order valence-electron chi connectivity index (χ3n) is 2.62. The number of nitrogens with one attached hydrogen (secondary N) is 1. The lowest BCUT2D eigenvalue weighted by Gasteiger charge is -2.09. The molecule has 2 heterocycles. The van der Waals surface area contributed by atoms with Gasteiger partial charge in [-0.3, -0.25) is 9.59 Å². The average molecular weight is 241 g/mol. The molecular weight excluding hydrogens is 230 g/mol. The zero-order chi connectivity index (χ0) is 11.7. The molecule has 0 aromatic carbocycles. The first-order chi connectivity index (χ1) is 7.63. The maximum absolute atomic E-state index is 11.4. The van der Waals surface area contributed by atoms with E-state index in [1.807, 2.05) is 6.07 Å². The van der Waals surface area contributed by atoms with E-state index in [0.29, 0.717) is 6.54 Å². The van der Waals surface area contributed by atoms with Crippen molar-refractivity contribution < 1.29 is 19.4 Å². The van der Waals surface area contributed by atoms with E-state index in [-0.39, 0.29) is 5.92 Å². The minimum absolute atomic E-state index is 0.293. The van der Waals surface area contributed by atoms with E-state index in [1.54, 1.807) is 13.2 Å². The molecule has 1 aliphatic rings. The van der Waals surface area contributed by atoms with Gasteiger partial charge in [0.05, 0.1) is 7.11 Å². The van der Waals surface area contributed by atoms with Crippen LogP contribution in [0.15, 0.2) is 12.1 Å². The quantitative estimate of drug-likeness (QED) is 0.763. The van der Waals surface area contributed by atoms with Gasteiger partial charge in [0.15, 0.2) is 5.06 Å². The fourth-order valence-electron chi connectivity index (χ4n) is 1.81. The second-order valence-electron chi connectivity index (χ2n) is 3.53. The van der Waals surface area contributed by atoms with Crippen LogP contribution in [0, 0.1) is 5.92 Å². The molecular formula is C10H11NO4S. The molecule has 1 saturated heterocycles. The Morgan fingerprint density at radius 3 is 2.94 bits per heavy atom. The van der Waals surface area contributed by atoms with Gasteiger partial charge in [0, 0.05) is 17.3 Å². The molecule has 86 valence electrons. The molecule has 0 spiro atoms. The fourth-order valence-corrected chi connectivity index (χ4v) is 2.77. The van der Waals surface area contributed by atoms with Crippen LogP contribution in [-0.4, -0.2) is 30.6 Å². The van der Waals surface area contributed by atoms with Crippen LogP contribution in [0.25, 0.3) is 0 Å². The second kappa shape index (κ2) is 4.13. The highest BCUT2D eigenvalue weighted by Crippen LogP contribution is 2.36. The molecule has 1 aromatic rings. The third kappa shape index (κ3) is 1.76. The number of thiophene rings is 1. The molecule has 2 rings (SSSR count). The summed E-state index contributed by atoms with van der Waals surface area (Å²) in [5.74, 6) is -2.76. The molecule has 1 fully saturated rings. The number of aliphatic carboxylic acids is 1. The van der Waals surface area contributed by atoms with Gasteiger partial charge in [-0.15, -0.1) is 11.3 Å². The standard InChI is InChI=1S/C10H11NO4S/c1-15-7-3-2-6(16-7)5-4-11-9(12)8(5)10(13)14/h2-3,5,8H,4H2,1H3,(H,11,12)(H,13,14)/t5-,8-/m1/s1. The fraction of sp³-hybridized carbons (Fsp3) is 0.400. The molecule has 0 saturated carbocycles. The van der Waals surface area contributed by atoms with E-state index in [1.165, 1.54) is 11.3 Å².